The molecule has 4 nitrogen and oxygen atoms in total. The van der Waals surface area contributed by atoms with Gasteiger partial charge in [0.05, 0.1) is 11.1 Å². The van der Waals surface area contributed by atoms with E-state index < -0.39 is 0 Å². The summed E-state index contributed by atoms with van der Waals surface area (Å²) in [7, 11) is 0. The maximum atomic E-state index is 12.4. The van der Waals surface area contributed by atoms with E-state index in [1.165, 1.54) is 11.5 Å². The van der Waals surface area contributed by atoms with E-state index in [0.717, 1.165) is 16.5 Å². The van der Waals surface area contributed by atoms with Crippen molar-refractivity contribution < 1.29 is 9.59 Å². The highest BCUT2D eigenvalue weighted by Gasteiger charge is 2.16. The van der Waals surface area contributed by atoms with Gasteiger partial charge >= 0.3 is 0 Å². The van der Waals surface area contributed by atoms with Crippen molar-refractivity contribution in [2.75, 3.05) is 0 Å². The van der Waals surface area contributed by atoms with Crippen LogP contribution in [0.2, 0.25) is 0 Å². The number of rotatable bonds is 3. The van der Waals surface area contributed by atoms with Gasteiger partial charge in [0.1, 0.15) is 0 Å². The molecular weight excluding hydrogens is 276 g/mol. The number of hydrogen-bond acceptors (Lipinski definition) is 2. The maximum absolute atomic E-state index is 12.4. The van der Waals surface area contributed by atoms with E-state index >= 15 is 0 Å². The van der Waals surface area contributed by atoms with Crippen molar-refractivity contribution in [3.63, 3.8) is 0 Å². The predicted octanol–water partition coefficient (Wildman–Crippen LogP) is 3.23. The summed E-state index contributed by atoms with van der Waals surface area (Å²) in [6.45, 7) is 1.94. The normalized spacial score (nSPS) is 10.6. The highest BCUT2D eigenvalue weighted by Crippen LogP contribution is 2.21. The lowest BCUT2D eigenvalue weighted by Gasteiger charge is -2.04. The zero-order chi connectivity index (χ0) is 15.5. The Morgan fingerprint density at radius 3 is 2.41 bits per heavy atom. The quantitative estimate of drug-likeness (QED) is 0.805. The van der Waals surface area contributed by atoms with Crippen LogP contribution in [0.1, 0.15) is 27.6 Å². The molecule has 22 heavy (non-hydrogen) atoms. The number of hydrogen-bond donors (Lipinski definition) is 1. The van der Waals surface area contributed by atoms with Gasteiger partial charge in [-0.25, -0.2) is 0 Å². The molecule has 1 N–H and O–H groups in total. The first kappa shape index (κ1) is 14.1. The highest BCUT2D eigenvalue weighted by molar-refractivity contribution is 6.09. The Morgan fingerprint density at radius 2 is 1.68 bits per heavy atom. The second-order valence-corrected chi connectivity index (χ2v) is 5.12. The van der Waals surface area contributed by atoms with Crippen LogP contribution in [0.5, 0.6) is 0 Å². The molecule has 0 atom stereocenters. The lowest BCUT2D eigenvalue weighted by Crippen LogP contribution is -2.22. The second-order valence-electron chi connectivity index (χ2n) is 5.12. The number of carbonyl (C=O) groups excluding carboxylic acids is 2. The number of nitrogens with zero attached hydrogens (tertiary/aromatic N) is 1. The lowest BCUT2D eigenvalue weighted by atomic mass is 10.1. The molecule has 0 aliphatic heterocycles. The number of benzene rings is 2. The summed E-state index contributed by atoms with van der Waals surface area (Å²) in [5.74, 6) is -0.293. The first-order valence-electron chi connectivity index (χ1n) is 7.10. The Balaban J connectivity index is 1.89. The number of carbonyl (C=O) groups is 2. The molecule has 0 saturated heterocycles. The average Bonchev–Trinajstić information content (AvgIpc) is 2.93. The van der Waals surface area contributed by atoms with Crippen LogP contribution in [0.15, 0.2) is 60.8 Å². The van der Waals surface area contributed by atoms with Gasteiger partial charge in [-0.2, -0.15) is 0 Å². The van der Waals surface area contributed by atoms with Crippen LogP contribution in [0.4, 0.5) is 0 Å². The molecule has 2 aromatic carbocycles. The van der Waals surface area contributed by atoms with Crippen molar-refractivity contribution in [2.24, 2.45) is 0 Å². The predicted molar refractivity (Wildman–Crippen MR) is 85.9 cm³/mol. The van der Waals surface area contributed by atoms with E-state index in [2.05, 4.69) is 5.32 Å². The van der Waals surface area contributed by atoms with Crippen molar-refractivity contribution >= 4 is 22.7 Å². The average molecular weight is 292 g/mol. The number of fused-ring (bicyclic) bond motifs is 1. The number of amides is 1. The molecule has 0 radical (unpaired) electrons. The number of nitrogens with one attached hydrogen (secondary N) is 1. The van der Waals surface area contributed by atoms with Gasteiger partial charge in [-0.15, -0.1) is 0 Å². The maximum Gasteiger partial charge on any atom is 0.253 e. The molecule has 0 saturated carbocycles. The van der Waals surface area contributed by atoms with E-state index in [9.17, 15) is 9.59 Å². The molecule has 1 amide bonds. The molecule has 0 spiro atoms. The van der Waals surface area contributed by atoms with Crippen molar-refractivity contribution in [1.82, 2.24) is 9.88 Å². The fourth-order valence-electron chi connectivity index (χ4n) is 2.49. The van der Waals surface area contributed by atoms with E-state index in [1.54, 1.807) is 6.20 Å². The van der Waals surface area contributed by atoms with E-state index in [-0.39, 0.29) is 11.8 Å². The Bertz CT molecular complexity index is 835. The summed E-state index contributed by atoms with van der Waals surface area (Å²) in [5, 5.41) is 3.68. The molecule has 0 aliphatic rings. The molecule has 1 heterocycles. The minimum atomic E-state index is -0.181. The lowest BCUT2D eigenvalue weighted by molar-refractivity contribution is 0.0941. The van der Waals surface area contributed by atoms with Crippen LogP contribution in [0, 0.1) is 0 Å². The number of aromatic nitrogens is 1. The Hall–Kier alpha value is -2.88. The zero-order valence-corrected chi connectivity index (χ0v) is 12.2. The van der Waals surface area contributed by atoms with Gasteiger partial charge in [0.2, 0.25) is 5.91 Å². The highest BCUT2D eigenvalue weighted by atomic mass is 16.2. The molecule has 3 rings (SSSR count). The van der Waals surface area contributed by atoms with Gasteiger partial charge in [-0.3, -0.25) is 14.2 Å². The van der Waals surface area contributed by atoms with Gasteiger partial charge < -0.3 is 5.32 Å². The van der Waals surface area contributed by atoms with Crippen LogP contribution < -0.4 is 5.32 Å². The largest absolute Gasteiger partial charge is 0.348 e. The Kier molecular flexibility index (Phi) is 3.74. The summed E-state index contributed by atoms with van der Waals surface area (Å²) in [5.41, 5.74) is 2.30. The van der Waals surface area contributed by atoms with Crippen LogP contribution in [0.3, 0.4) is 0 Å². The third-order valence-corrected chi connectivity index (χ3v) is 3.59. The summed E-state index contributed by atoms with van der Waals surface area (Å²) >= 11 is 0. The van der Waals surface area contributed by atoms with Gasteiger partial charge in [0, 0.05) is 25.1 Å². The minimum absolute atomic E-state index is 0.113. The first-order valence-corrected chi connectivity index (χ1v) is 7.10. The molecule has 110 valence electrons. The van der Waals surface area contributed by atoms with Gasteiger partial charge in [-0.1, -0.05) is 48.5 Å². The van der Waals surface area contributed by atoms with Crippen molar-refractivity contribution in [2.45, 2.75) is 13.5 Å². The van der Waals surface area contributed by atoms with Crippen LogP contribution in [-0.2, 0) is 6.54 Å². The molecular formula is C18H16N2O2. The molecule has 0 aliphatic carbocycles. The summed E-state index contributed by atoms with van der Waals surface area (Å²) in [4.78, 5) is 24.1. The van der Waals surface area contributed by atoms with Gasteiger partial charge in [0.25, 0.3) is 5.91 Å². The number of para-hydroxylation sites is 1. The first-order chi connectivity index (χ1) is 10.7. The minimum Gasteiger partial charge on any atom is -0.348 e. The molecule has 0 bridgehead atoms. The topological polar surface area (TPSA) is 51.1 Å². The fourth-order valence-corrected chi connectivity index (χ4v) is 2.49. The Labute approximate surface area is 128 Å². The molecule has 4 heteroatoms. The second kappa shape index (κ2) is 5.85. The van der Waals surface area contributed by atoms with Gasteiger partial charge in [0.15, 0.2) is 0 Å². The molecule has 3 aromatic rings. The van der Waals surface area contributed by atoms with Gasteiger partial charge in [-0.05, 0) is 11.6 Å². The third kappa shape index (κ3) is 2.63. The summed E-state index contributed by atoms with van der Waals surface area (Å²) in [6, 6.07) is 17.1. The summed E-state index contributed by atoms with van der Waals surface area (Å²) in [6.07, 6.45) is 1.60. The molecule has 0 fully saturated rings. The van der Waals surface area contributed by atoms with Crippen LogP contribution >= 0.6 is 0 Å². The SMILES string of the molecule is CC(=O)n1cc(C(=O)NCc2ccccc2)c2ccccc21. The van der Waals surface area contributed by atoms with Crippen LogP contribution in [0.25, 0.3) is 10.9 Å². The third-order valence-electron chi connectivity index (χ3n) is 3.59. The standard InChI is InChI=1S/C18H16N2O2/c1-13(21)20-12-16(15-9-5-6-10-17(15)20)18(22)19-11-14-7-3-2-4-8-14/h2-10,12H,11H2,1H3,(H,19,22). The fraction of sp³-hybridized carbons (Fsp3) is 0.111. The zero-order valence-electron chi connectivity index (χ0n) is 12.2. The van der Waals surface area contributed by atoms with Crippen LogP contribution in [-0.4, -0.2) is 16.4 Å². The molecule has 1 aromatic heterocycles. The van der Waals surface area contributed by atoms with E-state index in [4.69, 9.17) is 0 Å². The summed E-state index contributed by atoms with van der Waals surface area (Å²) < 4.78 is 1.51. The molecule has 0 unspecified atom stereocenters. The van der Waals surface area contributed by atoms with Crippen molar-refractivity contribution in [3.8, 4) is 0 Å². The smallest absolute Gasteiger partial charge is 0.253 e. The Morgan fingerprint density at radius 1 is 1.00 bits per heavy atom. The van der Waals surface area contributed by atoms with Crippen molar-refractivity contribution in [1.29, 1.82) is 0 Å². The van der Waals surface area contributed by atoms with Crippen molar-refractivity contribution in [3.05, 3.63) is 71.9 Å². The monoisotopic (exact) mass is 292 g/mol. The van der Waals surface area contributed by atoms with E-state index in [0.29, 0.717) is 12.1 Å². The van der Waals surface area contributed by atoms with E-state index in [1.807, 2.05) is 54.6 Å².